The van der Waals surface area contributed by atoms with Crippen molar-refractivity contribution in [2.75, 3.05) is 6.54 Å². The van der Waals surface area contributed by atoms with E-state index in [9.17, 15) is 38.4 Å². The fourth-order valence-electron chi connectivity index (χ4n) is 3.82. The van der Waals surface area contributed by atoms with E-state index in [1.165, 1.54) is 0 Å². The number of amides is 5. The van der Waals surface area contributed by atoms with E-state index in [-0.39, 0.29) is 50.2 Å². The number of ketones is 1. The Labute approximate surface area is 220 Å². The molecule has 1 N–H and O–H groups in total. The van der Waals surface area contributed by atoms with Crippen LogP contribution in [0.3, 0.4) is 0 Å². The molecule has 2 aliphatic rings. The van der Waals surface area contributed by atoms with Gasteiger partial charge in [-0.2, -0.15) is 0 Å². The van der Waals surface area contributed by atoms with Crippen molar-refractivity contribution in [3.8, 4) is 0 Å². The van der Waals surface area contributed by atoms with E-state index in [0.717, 1.165) is 0 Å². The zero-order valence-corrected chi connectivity index (χ0v) is 21.5. The Morgan fingerprint density at radius 3 is 1.42 bits per heavy atom. The molecule has 0 bridgehead atoms. The minimum atomic E-state index is -0.678. The summed E-state index contributed by atoms with van der Waals surface area (Å²) >= 11 is 0. The highest BCUT2D eigenvalue weighted by Crippen LogP contribution is 2.15. The van der Waals surface area contributed by atoms with E-state index in [1.54, 1.807) is 0 Å². The first-order chi connectivity index (χ1) is 18.2. The van der Waals surface area contributed by atoms with Gasteiger partial charge in [0.25, 0.3) is 23.6 Å². The summed E-state index contributed by atoms with van der Waals surface area (Å²) in [7, 11) is 0. The van der Waals surface area contributed by atoms with Crippen LogP contribution in [0.1, 0.15) is 103 Å². The van der Waals surface area contributed by atoms with Crippen molar-refractivity contribution in [1.82, 2.24) is 15.4 Å². The Hall–Kier alpha value is -3.64. The first-order valence-corrected chi connectivity index (χ1v) is 13.1. The lowest BCUT2D eigenvalue weighted by molar-refractivity contribution is -0.197. The Morgan fingerprint density at radius 2 is 0.947 bits per heavy atom. The van der Waals surface area contributed by atoms with Gasteiger partial charge in [-0.3, -0.25) is 28.8 Å². The average Bonchev–Trinajstić information content (AvgIpc) is 3.36. The summed E-state index contributed by atoms with van der Waals surface area (Å²) < 4.78 is 0. The topological polar surface area (TPSA) is 174 Å². The second-order valence-corrected chi connectivity index (χ2v) is 9.20. The number of imide groups is 2. The molecule has 0 aromatic carbocycles. The normalized spacial score (nSPS) is 15.3. The number of nitrogens with one attached hydrogen (secondary N) is 1. The predicted molar refractivity (Wildman–Crippen MR) is 128 cm³/mol. The monoisotopic (exact) mass is 537 g/mol. The van der Waals surface area contributed by atoms with Crippen molar-refractivity contribution in [1.29, 1.82) is 0 Å². The fourth-order valence-corrected chi connectivity index (χ4v) is 3.82. The van der Waals surface area contributed by atoms with Crippen molar-refractivity contribution >= 4 is 47.3 Å². The molecule has 2 aliphatic heterocycles. The van der Waals surface area contributed by atoms with Crippen molar-refractivity contribution in [2.45, 2.75) is 103 Å². The van der Waals surface area contributed by atoms with Gasteiger partial charge in [0.2, 0.25) is 5.91 Å². The lowest BCUT2D eigenvalue weighted by Gasteiger charge is -2.12. The molecule has 0 radical (unpaired) electrons. The standard InChI is InChI=1S/C25H35N3O10/c29-18(9-4-6-12-25(36)38-28-22(33)15-16-23(28)34)8-3-5-10-19(30)26-17-7-1-2-11-24(35)37-27-20(31)13-14-21(27)32/h1-17H2,(H,26,30). The average molecular weight is 538 g/mol. The minimum Gasteiger partial charge on any atom is -0.356 e. The van der Waals surface area contributed by atoms with Gasteiger partial charge in [0.15, 0.2) is 0 Å². The third-order valence-electron chi connectivity index (χ3n) is 5.97. The van der Waals surface area contributed by atoms with E-state index in [1.807, 2.05) is 0 Å². The Morgan fingerprint density at radius 1 is 0.553 bits per heavy atom. The quantitative estimate of drug-likeness (QED) is 0.200. The molecule has 0 spiro atoms. The summed E-state index contributed by atoms with van der Waals surface area (Å²) in [5.41, 5.74) is 0. The third kappa shape index (κ3) is 11.2. The largest absolute Gasteiger partial charge is 0.356 e. The van der Waals surface area contributed by atoms with E-state index in [4.69, 9.17) is 9.68 Å². The highest BCUT2D eigenvalue weighted by Gasteiger charge is 2.33. The molecule has 13 heteroatoms. The maximum absolute atomic E-state index is 12.0. The van der Waals surface area contributed by atoms with Gasteiger partial charge in [0, 0.05) is 64.3 Å². The molecular weight excluding hydrogens is 502 g/mol. The maximum atomic E-state index is 12.0. The number of hydroxylamine groups is 4. The molecule has 0 aromatic heterocycles. The molecule has 0 aromatic rings. The molecule has 0 aliphatic carbocycles. The van der Waals surface area contributed by atoms with E-state index >= 15 is 0 Å². The highest BCUT2D eigenvalue weighted by molar-refractivity contribution is 6.02. The Balaban J connectivity index is 1.38. The number of rotatable bonds is 18. The van der Waals surface area contributed by atoms with Crippen molar-refractivity contribution in [2.24, 2.45) is 0 Å². The van der Waals surface area contributed by atoms with Gasteiger partial charge in [-0.05, 0) is 38.5 Å². The van der Waals surface area contributed by atoms with Gasteiger partial charge in [-0.25, -0.2) is 9.59 Å². The van der Waals surface area contributed by atoms with Gasteiger partial charge in [0.05, 0.1) is 0 Å². The van der Waals surface area contributed by atoms with Crippen molar-refractivity contribution in [3.05, 3.63) is 0 Å². The van der Waals surface area contributed by atoms with E-state index in [0.29, 0.717) is 80.9 Å². The fraction of sp³-hybridized carbons (Fsp3) is 0.680. The van der Waals surface area contributed by atoms with Crippen LogP contribution in [0.15, 0.2) is 0 Å². The van der Waals surface area contributed by atoms with E-state index in [2.05, 4.69) is 5.32 Å². The van der Waals surface area contributed by atoms with Gasteiger partial charge in [-0.1, -0.05) is 6.42 Å². The van der Waals surface area contributed by atoms with Gasteiger partial charge < -0.3 is 15.0 Å². The Bertz CT molecular complexity index is 900. The highest BCUT2D eigenvalue weighted by atomic mass is 16.7. The molecule has 2 heterocycles. The van der Waals surface area contributed by atoms with Crippen LogP contribution in [-0.4, -0.2) is 63.9 Å². The number of carbonyl (C=O) groups is 8. The predicted octanol–water partition coefficient (Wildman–Crippen LogP) is 1.57. The van der Waals surface area contributed by atoms with Gasteiger partial charge in [-0.15, -0.1) is 10.1 Å². The smallest absolute Gasteiger partial charge is 0.333 e. The SMILES string of the molecule is O=C(CCCCC(=O)NCCCCCC(=O)ON1C(=O)CCC1=O)CCCCC(=O)ON1C(=O)CCC1=O. The number of unbranched alkanes of at least 4 members (excludes halogenated alkanes) is 4. The van der Waals surface area contributed by atoms with Crippen LogP contribution in [0, 0.1) is 0 Å². The summed E-state index contributed by atoms with van der Waals surface area (Å²) in [5, 5.41) is 3.82. The molecule has 2 saturated heterocycles. The molecule has 38 heavy (non-hydrogen) atoms. The lowest BCUT2D eigenvalue weighted by Crippen LogP contribution is -2.31. The number of carbonyl (C=O) groups excluding carboxylic acids is 8. The summed E-state index contributed by atoms with van der Waals surface area (Å²) in [5.74, 6) is -3.46. The van der Waals surface area contributed by atoms with Crippen LogP contribution in [0.2, 0.25) is 0 Å². The molecular formula is C25H35N3O10. The number of hydrogen-bond acceptors (Lipinski definition) is 10. The first kappa shape index (κ1) is 30.6. The van der Waals surface area contributed by atoms with Crippen LogP contribution in [0.4, 0.5) is 0 Å². The van der Waals surface area contributed by atoms with Crippen LogP contribution >= 0.6 is 0 Å². The third-order valence-corrected chi connectivity index (χ3v) is 5.97. The van der Waals surface area contributed by atoms with Crippen LogP contribution in [0.25, 0.3) is 0 Å². The molecule has 0 unspecified atom stereocenters. The zero-order valence-electron chi connectivity index (χ0n) is 21.5. The summed E-state index contributed by atoms with van der Waals surface area (Å²) in [6, 6.07) is 0. The first-order valence-electron chi connectivity index (χ1n) is 13.1. The summed E-state index contributed by atoms with van der Waals surface area (Å²) in [6.45, 7) is 0.457. The second kappa shape index (κ2) is 16.3. The summed E-state index contributed by atoms with van der Waals surface area (Å²) in [6.07, 6.45) is 5.10. The summed E-state index contributed by atoms with van der Waals surface area (Å²) in [4.78, 5) is 102. The van der Waals surface area contributed by atoms with Crippen molar-refractivity contribution < 1.29 is 48.0 Å². The van der Waals surface area contributed by atoms with Crippen LogP contribution in [-0.2, 0) is 48.0 Å². The lowest BCUT2D eigenvalue weighted by atomic mass is 10.1. The molecule has 13 nitrogen and oxygen atoms in total. The molecule has 0 atom stereocenters. The molecule has 210 valence electrons. The second-order valence-electron chi connectivity index (χ2n) is 9.20. The van der Waals surface area contributed by atoms with Crippen LogP contribution in [0.5, 0.6) is 0 Å². The minimum absolute atomic E-state index is 0.00914. The number of Topliss-reactive ketones (excluding diaryl/α,β-unsaturated/α-hetero) is 1. The molecule has 5 amide bonds. The number of nitrogens with zero attached hydrogens (tertiary/aromatic N) is 2. The van der Waals surface area contributed by atoms with Crippen LogP contribution < -0.4 is 5.32 Å². The maximum Gasteiger partial charge on any atom is 0.333 e. The molecule has 2 rings (SSSR count). The molecule has 0 saturated carbocycles. The van der Waals surface area contributed by atoms with Crippen molar-refractivity contribution in [3.63, 3.8) is 0 Å². The van der Waals surface area contributed by atoms with Gasteiger partial charge >= 0.3 is 11.9 Å². The van der Waals surface area contributed by atoms with Gasteiger partial charge in [0.1, 0.15) is 5.78 Å². The zero-order chi connectivity index (χ0) is 27.9. The molecule has 2 fully saturated rings. The Kier molecular flexibility index (Phi) is 13.1. The number of hydrogen-bond donors (Lipinski definition) is 1. The van der Waals surface area contributed by atoms with E-state index < -0.39 is 35.6 Å².